The molecule has 2 aromatic heterocycles. The average molecular weight is 186 g/mol. The number of nitrogens with zero attached hydrogens (tertiary/aromatic N) is 3. The van der Waals surface area contributed by atoms with Crippen molar-refractivity contribution in [3.8, 4) is 0 Å². The molecule has 2 rings (SSSR count). The SMILES string of the molecule is Cc1nc2cnc(Cl)nc2s1. The number of aryl methyl sites for hydroxylation is 1. The topological polar surface area (TPSA) is 38.7 Å². The van der Waals surface area contributed by atoms with Crippen LogP contribution in [0.3, 0.4) is 0 Å². The van der Waals surface area contributed by atoms with Crippen molar-refractivity contribution in [2.24, 2.45) is 0 Å². The van der Waals surface area contributed by atoms with Gasteiger partial charge in [-0.3, -0.25) is 0 Å². The minimum absolute atomic E-state index is 0.279. The molecule has 0 aliphatic heterocycles. The highest BCUT2D eigenvalue weighted by molar-refractivity contribution is 7.18. The van der Waals surface area contributed by atoms with Gasteiger partial charge in [-0.2, -0.15) is 0 Å². The first-order chi connectivity index (χ1) is 5.25. The molecule has 0 saturated carbocycles. The number of aromatic nitrogens is 3. The summed E-state index contributed by atoms with van der Waals surface area (Å²) in [5.74, 6) is 0. The molecule has 0 saturated heterocycles. The van der Waals surface area contributed by atoms with Gasteiger partial charge in [0.1, 0.15) is 10.3 Å². The van der Waals surface area contributed by atoms with Crippen LogP contribution in [-0.2, 0) is 0 Å². The fraction of sp³-hybridized carbons (Fsp3) is 0.167. The summed E-state index contributed by atoms with van der Waals surface area (Å²) in [7, 11) is 0. The Hall–Kier alpha value is -0.740. The third-order valence-electron chi connectivity index (χ3n) is 1.23. The van der Waals surface area contributed by atoms with Crippen molar-refractivity contribution >= 4 is 33.3 Å². The van der Waals surface area contributed by atoms with Crippen LogP contribution in [0, 0.1) is 6.92 Å². The summed E-state index contributed by atoms with van der Waals surface area (Å²) in [5, 5.41) is 1.26. The van der Waals surface area contributed by atoms with Crippen LogP contribution >= 0.6 is 22.9 Å². The largest absolute Gasteiger partial charge is 0.238 e. The lowest BCUT2D eigenvalue weighted by molar-refractivity contribution is 1.21. The lowest BCUT2D eigenvalue weighted by Gasteiger charge is -1.85. The van der Waals surface area contributed by atoms with Gasteiger partial charge < -0.3 is 0 Å². The van der Waals surface area contributed by atoms with Crippen molar-refractivity contribution in [2.75, 3.05) is 0 Å². The molecule has 11 heavy (non-hydrogen) atoms. The number of thiazole rings is 1. The molecule has 0 aliphatic carbocycles. The van der Waals surface area contributed by atoms with Gasteiger partial charge in [-0.25, -0.2) is 15.0 Å². The fourth-order valence-electron chi connectivity index (χ4n) is 0.824. The minimum atomic E-state index is 0.279. The normalized spacial score (nSPS) is 10.7. The van der Waals surface area contributed by atoms with Crippen LogP contribution in [0.5, 0.6) is 0 Å². The van der Waals surface area contributed by atoms with Gasteiger partial charge in [0.15, 0.2) is 0 Å². The maximum Gasteiger partial charge on any atom is 0.223 e. The molecule has 0 fully saturated rings. The molecule has 0 spiro atoms. The molecule has 0 radical (unpaired) electrons. The van der Waals surface area contributed by atoms with Crippen molar-refractivity contribution in [1.82, 2.24) is 15.0 Å². The molecule has 0 amide bonds. The van der Waals surface area contributed by atoms with Crippen molar-refractivity contribution in [3.05, 3.63) is 16.5 Å². The van der Waals surface area contributed by atoms with Crippen molar-refractivity contribution in [1.29, 1.82) is 0 Å². The molecule has 0 aromatic carbocycles. The number of fused-ring (bicyclic) bond motifs is 1. The summed E-state index contributed by atoms with van der Waals surface area (Å²) < 4.78 is 0. The molecule has 2 heterocycles. The first kappa shape index (κ1) is 6.94. The van der Waals surface area contributed by atoms with E-state index in [-0.39, 0.29) is 5.28 Å². The van der Waals surface area contributed by atoms with Gasteiger partial charge in [-0.05, 0) is 18.5 Å². The lowest BCUT2D eigenvalue weighted by atomic mass is 10.6. The van der Waals surface area contributed by atoms with Gasteiger partial charge in [0.05, 0.1) is 11.2 Å². The Kier molecular flexibility index (Phi) is 1.51. The molecular weight excluding hydrogens is 182 g/mol. The van der Waals surface area contributed by atoms with Gasteiger partial charge in [0.25, 0.3) is 0 Å². The minimum Gasteiger partial charge on any atom is -0.238 e. The molecule has 2 aromatic rings. The number of halogens is 1. The lowest BCUT2D eigenvalue weighted by Crippen LogP contribution is -1.79. The summed E-state index contributed by atoms with van der Waals surface area (Å²) in [4.78, 5) is 12.9. The van der Waals surface area contributed by atoms with Gasteiger partial charge in [0.2, 0.25) is 5.28 Å². The first-order valence-electron chi connectivity index (χ1n) is 3.01. The van der Waals surface area contributed by atoms with E-state index in [1.165, 1.54) is 11.3 Å². The fourth-order valence-corrected chi connectivity index (χ4v) is 1.77. The van der Waals surface area contributed by atoms with Gasteiger partial charge in [-0.1, -0.05) is 11.3 Å². The first-order valence-corrected chi connectivity index (χ1v) is 4.21. The molecule has 0 aliphatic rings. The molecule has 0 N–H and O–H groups in total. The Morgan fingerprint density at radius 3 is 3.09 bits per heavy atom. The van der Waals surface area contributed by atoms with Crippen molar-refractivity contribution in [2.45, 2.75) is 6.92 Å². The molecular formula is C6H4ClN3S. The van der Waals surface area contributed by atoms with E-state index >= 15 is 0 Å². The van der Waals surface area contributed by atoms with E-state index in [2.05, 4.69) is 15.0 Å². The molecule has 0 atom stereocenters. The summed E-state index contributed by atoms with van der Waals surface area (Å²) in [6.45, 7) is 1.93. The van der Waals surface area contributed by atoms with Crippen LogP contribution < -0.4 is 0 Å². The second-order valence-electron chi connectivity index (χ2n) is 2.06. The maximum absolute atomic E-state index is 5.58. The number of rotatable bonds is 0. The quantitative estimate of drug-likeness (QED) is 0.590. The molecule has 0 bridgehead atoms. The monoisotopic (exact) mass is 185 g/mol. The van der Waals surface area contributed by atoms with Crippen LogP contribution in [0.4, 0.5) is 0 Å². The Labute approximate surface area is 72.1 Å². The van der Waals surface area contributed by atoms with Crippen LogP contribution in [0.25, 0.3) is 10.3 Å². The standard InChI is InChI=1S/C6H4ClN3S/c1-3-9-4-2-8-6(7)10-5(4)11-3/h2H,1H3. The van der Waals surface area contributed by atoms with Gasteiger partial charge in [-0.15, -0.1) is 0 Å². The van der Waals surface area contributed by atoms with Gasteiger partial charge >= 0.3 is 0 Å². The molecule has 56 valence electrons. The molecule has 0 unspecified atom stereocenters. The van der Waals surface area contributed by atoms with E-state index in [1.807, 2.05) is 6.92 Å². The smallest absolute Gasteiger partial charge is 0.223 e. The van der Waals surface area contributed by atoms with E-state index in [0.717, 1.165) is 15.4 Å². The molecule has 5 heteroatoms. The van der Waals surface area contributed by atoms with E-state index in [4.69, 9.17) is 11.6 Å². The summed E-state index contributed by atoms with van der Waals surface area (Å²) in [5.41, 5.74) is 0.817. The Balaban J connectivity index is 2.82. The van der Waals surface area contributed by atoms with Crippen molar-refractivity contribution < 1.29 is 0 Å². The van der Waals surface area contributed by atoms with Crippen LogP contribution in [0.2, 0.25) is 5.28 Å². The second kappa shape index (κ2) is 2.39. The highest BCUT2D eigenvalue weighted by Gasteiger charge is 2.01. The van der Waals surface area contributed by atoms with E-state index in [0.29, 0.717) is 0 Å². The average Bonchev–Trinajstić information content (AvgIpc) is 2.27. The predicted octanol–water partition coefficient (Wildman–Crippen LogP) is 2.05. The second-order valence-corrected chi connectivity index (χ2v) is 3.58. The zero-order chi connectivity index (χ0) is 7.84. The van der Waals surface area contributed by atoms with E-state index in [1.54, 1.807) is 6.20 Å². The highest BCUT2D eigenvalue weighted by atomic mass is 35.5. The van der Waals surface area contributed by atoms with Crippen molar-refractivity contribution in [3.63, 3.8) is 0 Å². The summed E-state index contributed by atoms with van der Waals surface area (Å²) >= 11 is 7.10. The Morgan fingerprint density at radius 2 is 2.27 bits per heavy atom. The van der Waals surface area contributed by atoms with E-state index in [9.17, 15) is 0 Å². The Bertz CT molecular complexity index is 398. The van der Waals surface area contributed by atoms with Crippen LogP contribution in [-0.4, -0.2) is 15.0 Å². The number of hydrogen-bond acceptors (Lipinski definition) is 4. The van der Waals surface area contributed by atoms with E-state index < -0.39 is 0 Å². The third-order valence-corrected chi connectivity index (χ3v) is 2.29. The van der Waals surface area contributed by atoms with Crippen LogP contribution in [0.15, 0.2) is 6.20 Å². The zero-order valence-corrected chi connectivity index (χ0v) is 7.28. The zero-order valence-electron chi connectivity index (χ0n) is 5.71. The summed E-state index contributed by atoms with van der Waals surface area (Å²) in [6, 6.07) is 0. The van der Waals surface area contributed by atoms with Gasteiger partial charge in [0, 0.05) is 0 Å². The molecule has 3 nitrogen and oxygen atoms in total. The third kappa shape index (κ3) is 1.19. The Morgan fingerprint density at radius 1 is 1.45 bits per heavy atom. The van der Waals surface area contributed by atoms with Crippen LogP contribution in [0.1, 0.15) is 5.01 Å². The maximum atomic E-state index is 5.58. The highest BCUT2D eigenvalue weighted by Crippen LogP contribution is 2.19. The predicted molar refractivity (Wildman–Crippen MR) is 45.0 cm³/mol. The number of hydrogen-bond donors (Lipinski definition) is 0. The summed E-state index contributed by atoms with van der Waals surface area (Å²) in [6.07, 6.45) is 1.63.